The van der Waals surface area contributed by atoms with E-state index < -0.39 is 0 Å². The van der Waals surface area contributed by atoms with Crippen molar-refractivity contribution in [1.82, 2.24) is 4.90 Å². The Kier molecular flexibility index (Phi) is 5.03. The summed E-state index contributed by atoms with van der Waals surface area (Å²) in [6, 6.07) is 4.12. The molecule has 1 fully saturated rings. The zero-order chi connectivity index (χ0) is 15.4. The maximum Gasteiger partial charge on any atom is 0.187 e. The molecule has 3 heterocycles. The first kappa shape index (κ1) is 15.4. The monoisotopic (exact) mass is 329 g/mol. The number of hydrogen-bond acceptors (Lipinski definition) is 4. The highest BCUT2D eigenvalue weighted by atomic mass is 32.1. The van der Waals surface area contributed by atoms with E-state index in [1.54, 1.807) is 22.7 Å². The molecule has 1 aliphatic heterocycles. The lowest BCUT2D eigenvalue weighted by molar-refractivity contribution is -0.113. The van der Waals surface area contributed by atoms with Gasteiger partial charge in [-0.2, -0.15) is 22.7 Å². The zero-order valence-corrected chi connectivity index (χ0v) is 14.3. The van der Waals surface area contributed by atoms with E-state index in [0.29, 0.717) is 0 Å². The summed E-state index contributed by atoms with van der Waals surface area (Å²) in [5.74, 6) is 0.199. The quantitative estimate of drug-likeness (QED) is 0.766. The van der Waals surface area contributed by atoms with Crippen molar-refractivity contribution in [2.75, 3.05) is 19.6 Å². The second-order valence-corrected chi connectivity index (χ2v) is 7.05. The molecule has 3 rings (SSSR count). The molecule has 0 atom stereocenters. The van der Waals surface area contributed by atoms with Gasteiger partial charge in [-0.25, -0.2) is 0 Å². The second-order valence-electron chi connectivity index (χ2n) is 5.49. The van der Waals surface area contributed by atoms with Crippen LogP contribution >= 0.6 is 22.7 Å². The number of thiophene rings is 2. The van der Waals surface area contributed by atoms with Gasteiger partial charge in [0.2, 0.25) is 0 Å². The van der Waals surface area contributed by atoms with Crippen LogP contribution in [0.3, 0.4) is 0 Å². The summed E-state index contributed by atoms with van der Waals surface area (Å²) in [5, 5.41) is 8.26. The van der Waals surface area contributed by atoms with Crippen molar-refractivity contribution in [3.8, 4) is 0 Å². The number of hydrogen-bond donors (Lipinski definition) is 0. The van der Waals surface area contributed by atoms with Gasteiger partial charge in [0, 0.05) is 24.2 Å². The Balaban J connectivity index is 1.91. The van der Waals surface area contributed by atoms with Crippen LogP contribution in [0.1, 0.15) is 24.5 Å². The Morgan fingerprint density at radius 3 is 2.00 bits per heavy atom. The first-order chi connectivity index (χ1) is 10.8. The molecule has 22 heavy (non-hydrogen) atoms. The minimum Gasteiger partial charge on any atom is -0.295 e. The highest BCUT2D eigenvalue weighted by molar-refractivity contribution is 7.08. The fourth-order valence-corrected chi connectivity index (χ4v) is 3.94. The van der Waals surface area contributed by atoms with Crippen molar-refractivity contribution in [3.05, 3.63) is 55.9 Å². The molecule has 0 aliphatic carbocycles. The fourth-order valence-electron chi connectivity index (χ4n) is 2.70. The Hall–Kier alpha value is -1.49. The first-order valence-electron chi connectivity index (χ1n) is 7.49. The van der Waals surface area contributed by atoms with Crippen molar-refractivity contribution in [3.63, 3.8) is 0 Å². The Morgan fingerprint density at radius 1 is 1.05 bits per heavy atom. The van der Waals surface area contributed by atoms with Crippen LogP contribution < -0.4 is 0 Å². The lowest BCUT2D eigenvalue weighted by Crippen LogP contribution is -2.38. The second kappa shape index (κ2) is 7.18. The molecular weight excluding hydrogens is 310 g/mol. The molecule has 2 nitrogen and oxygen atoms in total. The summed E-state index contributed by atoms with van der Waals surface area (Å²) in [4.78, 5) is 15.1. The predicted octanol–water partition coefficient (Wildman–Crippen LogP) is 4.57. The summed E-state index contributed by atoms with van der Waals surface area (Å²) in [6.07, 6.45) is 5.19. The zero-order valence-electron chi connectivity index (χ0n) is 12.6. The molecule has 2 aromatic rings. The van der Waals surface area contributed by atoms with E-state index in [2.05, 4.69) is 34.7 Å². The van der Waals surface area contributed by atoms with Crippen molar-refractivity contribution in [2.45, 2.75) is 13.3 Å². The van der Waals surface area contributed by atoms with Gasteiger partial charge in [-0.05, 0) is 69.9 Å². The molecule has 4 heteroatoms. The molecule has 1 saturated heterocycles. The molecule has 0 aromatic carbocycles. The van der Waals surface area contributed by atoms with E-state index in [-0.39, 0.29) is 5.78 Å². The van der Waals surface area contributed by atoms with Gasteiger partial charge in [0.05, 0.1) is 0 Å². The molecule has 0 amide bonds. The molecule has 0 radical (unpaired) electrons. The third-order valence-corrected chi connectivity index (χ3v) is 5.08. The Labute approximate surface area is 139 Å². The SMILES string of the molecule is CCCN1CC(=Cc2ccsc2)C(=O)C(=Cc2ccsc2)C1. The van der Waals surface area contributed by atoms with Gasteiger partial charge in [0.25, 0.3) is 0 Å². The molecule has 0 spiro atoms. The number of nitrogens with zero attached hydrogens (tertiary/aromatic N) is 1. The van der Waals surface area contributed by atoms with Crippen LogP contribution in [-0.2, 0) is 4.79 Å². The van der Waals surface area contributed by atoms with Crippen LogP contribution in [0.5, 0.6) is 0 Å². The van der Waals surface area contributed by atoms with Crippen molar-refractivity contribution >= 4 is 40.6 Å². The van der Waals surface area contributed by atoms with E-state index in [0.717, 1.165) is 48.3 Å². The number of carbonyl (C=O) groups excluding carboxylic acids is 1. The summed E-state index contributed by atoms with van der Waals surface area (Å²) < 4.78 is 0. The van der Waals surface area contributed by atoms with Gasteiger partial charge in [0.15, 0.2) is 5.78 Å². The minimum atomic E-state index is 0.199. The number of likely N-dealkylation sites (tertiary alicyclic amines) is 1. The average Bonchev–Trinajstić information content (AvgIpc) is 3.17. The summed E-state index contributed by atoms with van der Waals surface area (Å²) in [7, 11) is 0. The lowest BCUT2D eigenvalue weighted by Gasteiger charge is -2.29. The minimum absolute atomic E-state index is 0.199. The number of rotatable bonds is 4. The van der Waals surface area contributed by atoms with Crippen LogP contribution in [0.2, 0.25) is 0 Å². The van der Waals surface area contributed by atoms with Crippen molar-refractivity contribution < 1.29 is 4.79 Å². The van der Waals surface area contributed by atoms with E-state index in [9.17, 15) is 4.79 Å². The van der Waals surface area contributed by atoms with Crippen LogP contribution in [-0.4, -0.2) is 30.3 Å². The van der Waals surface area contributed by atoms with Crippen LogP contribution in [0.15, 0.2) is 44.8 Å². The van der Waals surface area contributed by atoms with Gasteiger partial charge < -0.3 is 0 Å². The van der Waals surface area contributed by atoms with E-state index >= 15 is 0 Å². The van der Waals surface area contributed by atoms with Gasteiger partial charge in [-0.1, -0.05) is 6.92 Å². The number of piperidine rings is 1. The Bertz CT molecular complexity index is 625. The van der Waals surface area contributed by atoms with E-state index in [1.165, 1.54) is 0 Å². The summed E-state index contributed by atoms with van der Waals surface area (Å²) in [6.45, 7) is 4.71. The standard InChI is InChI=1S/C18H19NOS2/c1-2-5-19-10-16(8-14-3-6-21-12-14)18(20)17(11-19)9-15-4-7-22-13-15/h3-4,6-9,12-13H,2,5,10-11H2,1H3. The molecule has 0 N–H and O–H groups in total. The van der Waals surface area contributed by atoms with Gasteiger partial charge in [-0.15, -0.1) is 0 Å². The lowest BCUT2D eigenvalue weighted by atomic mass is 9.95. The molecule has 0 unspecified atom stereocenters. The van der Waals surface area contributed by atoms with Crippen LogP contribution in [0.25, 0.3) is 12.2 Å². The predicted molar refractivity (Wildman–Crippen MR) is 96.3 cm³/mol. The Morgan fingerprint density at radius 2 is 1.59 bits per heavy atom. The smallest absolute Gasteiger partial charge is 0.187 e. The third kappa shape index (κ3) is 3.64. The van der Waals surface area contributed by atoms with Gasteiger partial charge in [0.1, 0.15) is 0 Å². The van der Waals surface area contributed by atoms with Crippen molar-refractivity contribution in [1.29, 1.82) is 0 Å². The molecule has 1 aliphatic rings. The van der Waals surface area contributed by atoms with Gasteiger partial charge in [-0.3, -0.25) is 9.69 Å². The maximum atomic E-state index is 12.8. The normalized spacial score (nSPS) is 20.1. The van der Waals surface area contributed by atoms with Crippen LogP contribution in [0, 0.1) is 0 Å². The number of carbonyl (C=O) groups is 1. The highest BCUT2D eigenvalue weighted by Gasteiger charge is 2.25. The molecular formula is C18H19NOS2. The third-order valence-electron chi connectivity index (χ3n) is 3.68. The largest absolute Gasteiger partial charge is 0.295 e. The topological polar surface area (TPSA) is 20.3 Å². The maximum absolute atomic E-state index is 12.8. The molecule has 114 valence electrons. The van der Waals surface area contributed by atoms with Crippen LogP contribution in [0.4, 0.5) is 0 Å². The fraction of sp³-hybridized carbons (Fsp3) is 0.278. The summed E-state index contributed by atoms with van der Waals surface area (Å²) >= 11 is 3.32. The average molecular weight is 329 g/mol. The molecule has 2 aromatic heterocycles. The highest BCUT2D eigenvalue weighted by Crippen LogP contribution is 2.23. The summed E-state index contributed by atoms with van der Waals surface area (Å²) in [5.41, 5.74) is 4.06. The number of Topliss-reactive ketones (excluding diaryl/α,β-unsaturated/α-hetero) is 1. The van der Waals surface area contributed by atoms with Crippen molar-refractivity contribution in [2.24, 2.45) is 0 Å². The number of ketones is 1. The van der Waals surface area contributed by atoms with E-state index in [1.807, 2.05) is 22.9 Å². The first-order valence-corrected chi connectivity index (χ1v) is 9.37. The van der Waals surface area contributed by atoms with E-state index in [4.69, 9.17) is 0 Å². The van der Waals surface area contributed by atoms with Gasteiger partial charge >= 0.3 is 0 Å². The molecule has 0 saturated carbocycles. The molecule has 0 bridgehead atoms.